The van der Waals surface area contributed by atoms with Crippen molar-refractivity contribution in [3.8, 4) is 0 Å². The molecule has 1 fully saturated rings. The minimum atomic E-state index is -1.28. The summed E-state index contributed by atoms with van der Waals surface area (Å²) in [4.78, 5) is 11.2. The first-order chi connectivity index (χ1) is 8.13. The Bertz CT molecular complexity index is 331. The van der Waals surface area contributed by atoms with E-state index in [9.17, 15) is 15.0 Å². The molecule has 0 saturated heterocycles. The van der Waals surface area contributed by atoms with Crippen LogP contribution in [0.4, 0.5) is 0 Å². The molecule has 0 aromatic heterocycles. The van der Waals surface area contributed by atoms with E-state index in [4.69, 9.17) is 14.6 Å². The molecule has 0 spiro atoms. The molecule has 1 saturated carbocycles. The molecule has 2 aliphatic rings. The Morgan fingerprint density at radius 2 is 2.06 bits per heavy atom. The largest absolute Gasteiger partial charge is 0.499 e. The van der Waals surface area contributed by atoms with E-state index in [1.54, 1.807) is 0 Å². The van der Waals surface area contributed by atoms with Crippen LogP contribution in [0, 0.1) is 0 Å². The van der Waals surface area contributed by atoms with Crippen LogP contribution < -0.4 is 0 Å². The van der Waals surface area contributed by atoms with Gasteiger partial charge in [-0.3, -0.25) is 0 Å². The molecule has 1 aliphatic carbocycles. The van der Waals surface area contributed by atoms with Crippen LogP contribution in [0.2, 0.25) is 0 Å². The van der Waals surface area contributed by atoms with Gasteiger partial charge in [-0.1, -0.05) is 0 Å². The lowest BCUT2D eigenvalue weighted by Crippen LogP contribution is -2.33. The second kappa shape index (κ2) is 4.93. The summed E-state index contributed by atoms with van der Waals surface area (Å²) in [6.45, 7) is -0.567. The summed E-state index contributed by atoms with van der Waals surface area (Å²) in [6.07, 6.45) is 1.35. The molecule has 0 unspecified atom stereocenters. The normalized spacial score (nSPS) is 27.4. The van der Waals surface area contributed by atoms with Crippen LogP contribution in [0.25, 0.3) is 0 Å². The van der Waals surface area contributed by atoms with Crippen molar-refractivity contribution in [2.24, 2.45) is 0 Å². The van der Waals surface area contributed by atoms with Crippen LogP contribution in [0.5, 0.6) is 0 Å². The fourth-order valence-electron chi connectivity index (χ4n) is 2.12. The van der Waals surface area contributed by atoms with E-state index in [0.717, 1.165) is 25.7 Å². The van der Waals surface area contributed by atoms with Crippen LogP contribution >= 0.6 is 0 Å². The topological polar surface area (TPSA) is 96.2 Å². The number of hydrogen-bond donors (Lipinski definition) is 3. The molecule has 0 aromatic carbocycles. The Kier molecular flexibility index (Phi) is 3.54. The lowest BCUT2D eigenvalue weighted by atomic mass is 10.1. The highest BCUT2D eigenvalue weighted by atomic mass is 16.6. The summed E-state index contributed by atoms with van der Waals surface area (Å²) in [6, 6.07) is 0. The highest BCUT2D eigenvalue weighted by Gasteiger charge is 2.41. The summed E-state index contributed by atoms with van der Waals surface area (Å²) in [5.74, 6) is -1.58. The summed E-state index contributed by atoms with van der Waals surface area (Å²) in [5, 5.41) is 27.9. The van der Waals surface area contributed by atoms with Crippen molar-refractivity contribution >= 4 is 5.97 Å². The molecule has 2 rings (SSSR count). The number of carbonyl (C=O) groups is 1. The van der Waals surface area contributed by atoms with Gasteiger partial charge in [-0.2, -0.15) is 0 Å². The van der Waals surface area contributed by atoms with Gasteiger partial charge in [-0.05, 0) is 25.7 Å². The minimum Gasteiger partial charge on any atom is -0.499 e. The van der Waals surface area contributed by atoms with Crippen LogP contribution in [0.15, 0.2) is 11.5 Å². The van der Waals surface area contributed by atoms with Crippen LogP contribution in [0.3, 0.4) is 0 Å². The zero-order valence-corrected chi connectivity index (χ0v) is 9.33. The molecule has 17 heavy (non-hydrogen) atoms. The Hall–Kier alpha value is -1.27. The van der Waals surface area contributed by atoms with E-state index >= 15 is 0 Å². The molecule has 1 aliphatic heterocycles. The second-order valence-corrected chi connectivity index (χ2v) is 4.31. The summed E-state index contributed by atoms with van der Waals surface area (Å²) >= 11 is 0. The van der Waals surface area contributed by atoms with Gasteiger partial charge in [0.25, 0.3) is 0 Å². The van der Waals surface area contributed by atoms with E-state index in [2.05, 4.69) is 0 Å². The van der Waals surface area contributed by atoms with Crippen LogP contribution in [0.1, 0.15) is 25.7 Å². The number of aliphatic hydroxyl groups is 3. The number of ether oxygens (including phenoxy) is 2. The fraction of sp³-hybridized carbons (Fsp3) is 0.727. The molecular weight excluding hydrogens is 228 g/mol. The van der Waals surface area contributed by atoms with Gasteiger partial charge in [0.05, 0.1) is 12.7 Å². The number of hydrogen-bond acceptors (Lipinski definition) is 6. The van der Waals surface area contributed by atoms with Crippen molar-refractivity contribution in [3.63, 3.8) is 0 Å². The Morgan fingerprint density at radius 1 is 1.41 bits per heavy atom. The fourth-order valence-corrected chi connectivity index (χ4v) is 2.12. The summed E-state index contributed by atoms with van der Waals surface area (Å²) < 4.78 is 10.3. The second-order valence-electron chi connectivity index (χ2n) is 4.31. The molecule has 96 valence electrons. The predicted octanol–water partition coefficient (Wildman–Crippen LogP) is -0.00620. The summed E-state index contributed by atoms with van der Waals surface area (Å²) in [7, 11) is 0. The van der Waals surface area contributed by atoms with Crippen molar-refractivity contribution in [2.75, 3.05) is 6.61 Å². The average molecular weight is 244 g/mol. The van der Waals surface area contributed by atoms with Crippen molar-refractivity contribution in [2.45, 2.75) is 44.0 Å². The molecule has 0 bridgehead atoms. The van der Waals surface area contributed by atoms with E-state index in [-0.39, 0.29) is 11.9 Å². The molecule has 3 N–H and O–H groups in total. The Labute approximate surface area is 98.5 Å². The smallest absolute Gasteiger partial charge is 0.378 e. The quantitative estimate of drug-likeness (QED) is 0.602. The van der Waals surface area contributed by atoms with Gasteiger partial charge in [0.1, 0.15) is 6.10 Å². The van der Waals surface area contributed by atoms with Gasteiger partial charge in [-0.25, -0.2) is 4.79 Å². The maximum absolute atomic E-state index is 11.2. The van der Waals surface area contributed by atoms with Gasteiger partial charge in [0.15, 0.2) is 11.9 Å². The van der Waals surface area contributed by atoms with Gasteiger partial charge in [0, 0.05) is 0 Å². The molecule has 1 heterocycles. The van der Waals surface area contributed by atoms with Gasteiger partial charge < -0.3 is 24.8 Å². The predicted molar refractivity (Wildman–Crippen MR) is 56.0 cm³/mol. The standard InChI is InChI=1S/C11H16O6/c12-5-7(13)9-10(8(14)11(15)17-9)16-6-3-1-2-4-6/h6-7,9,12-14H,1-5H2/t7-,9+/m0/s1. The van der Waals surface area contributed by atoms with E-state index in [1.165, 1.54) is 0 Å². The minimum absolute atomic E-state index is 0.0524. The van der Waals surface area contributed by atoms with E-state index in [0.29, 0.717) is 0 Å². The van der Waals surface area contributed by atoms with Gasteiger partial charge >= 0.3 is 5.97 Å². The van der Waals surface area contributed by atoms with Crippen molar-refractivity contribution < 1.29 is 29.6 Å². The van der Waals surface area contributed by atoms with Crippen molar-refractivity contribution in [1.29, 1.82) is 0 Å². The molecular formula is C11H16O6. The monoisotopic (exact) mass is 244 g/mol. The maximum Gasteiger partial charge on any atom is 0.378 e. The van der Waals surface area contributed by atoms with Gasteiger partial charge in [0.2, 0.25) is 5.76 Å². The number of cyclic esters (lactones) is 1. The molecule has 6 nitrogen and oxygen atoms in total. The lowest BCUT2D eigenvalue weighted by molar-refractivity contribution is -0.148. The zero-order chi connectivity index (χ0) is 12.4. The number of carbonyl (C=O) groups excluding carboxylic acids is 1. The molecule has 0 aromatic rings. The number of esters is 1. The SMILES string of the molecule is O=C1O[C@H]([C@@H](O)CO)C(OC2CCCC2)=C1O. The number of rotatable bonds is 4. The highest BCUT2D eigenvalue weighted by Crippen LogP contribution is 2.30. The third-order valence-electron chi connectivity index (χ3n) is 3.05. The third kappa shape index (κ3) is 2.37. The molecule has 0 radical (unpaired) electrons. The Morgan fingerprint density at radius 3 is 2.65 bits per heavy atom. The van der Waals surface area contributed by atoms with Crippen molar-refractivity contribution in [1.82, 2.24) is 0 Å². The summed E-state index contributed by atoms with van der Waals surface area (Å²) in [5.41, 5.74) is 0. The van der Waals surface area contributed by atoms with Crippen LogP contribution in [-0.2, 0) is 14.3 Å². The van der Waals surface area contributed by atoms with Crippen LogP contribution in [-0.4, -0.2) is 46.2 Å². The molecule has 0 amide bonds. The van der Waals surface area contributed by atoms with Gasteiger partial charge in [-0.15, -0.1) is 0 Å². The first-order valence-corrected chi connectivity index (χ1v) is 5.73. The third-order valence-corrected chi connectivity index (χ3v) is 3.05. The van der Waals surface area contributed by atoms with Crippen molar-refractivity contribution in [3.05, 3.63) is 11.5 Å². The molecule has 6 heteroatoms. The highest BCUT2D eigenvalue weighted by molar-refractivity contribution is 5.89. The zero-order valence-electron chi connectivity index (χ0n) is 9.33. The maximum atomic E-state index is 11.2. The Balaban J connectivity index is 2.10. The first kappa shape index (κ1) is 12.2. The first-order valence-electron chi connectivity index (χ1n) is 5.73. The number of aliphatic hydroxyl groups excluding tert-OH is 3. The van der Waals surface area contributed by atoms with E-state index in [1.807, 2.05) is 0 Å². The van der Waals surface area contributed by atoms with E-state index < -0.39 is 30.5 Å². The lowest BCUT2D eigenvalue weighted by Gasteiger charge is -2.21. The average Bonchev–Trinajstić information content (AvgIpc) is 2.92. The molecule has 2 atom stereocenters.